The largest absolute Gasteiger partial charge is 0.383 e. The number of likely N-dealkylation sites (tertiary alicyclic amines) is 1. The molecule has 0 spiro atoms. The van der Waals surface area contributed by atoms with Gasteiger partial charge in [-0.2, -0.15) is 0 Å². The van der Waals surface area contributed by atoms with Crippen molar-refractivity contribution in [3.05, 3.63) is 0 Å². The normalized spacial score (nSPS) is 21.9. The molecule has 1 rings (SSSR count). The highest BCUT2D eigenvalue weighted by atomic mass is 16.5. The Balaban J connectivity index is 2.48. The molecule has 0 saturated carbocycles. The fraction of sp³-hybridized carbons (Fsp3) is 0.929. The molecule has 0 aromatic carbocycles. The van der Waals surface area contributed by atoms with Gasteiger partial charge >= 0.3 is 0 Å². The van der Waals surface area contributed by atoms with Crippen LogP contribution >= 0.6 is 0 Å². The van der Waals surface area contributed by atoms with E-state index in [-0.39, 0.29) is 17.4 Å². The Kier molecular flexibility index (Phi) is 5.60. The molecule has 0 bridgehead atoms. The molecule has 1 aliphatic rings. The van der Waals surface area contributed by atoms with Crippen LogP contribution in [0.4, 0.5) is 0 Å². The summed E-state index contributed by atoms with van der Waals surface area (Å²) in [5.41, 5.74) is -0.215. The smallest absolute Gasteiger partial charge is 0.226 e. The topological polar surface area (TPSA) is 41.6 Å². The lowest BCUT2D eigenvalue weighted by molar-refractivity contribution is -0.134. The second-order valence-corrected chi connectivity index (χ2v) is 6.02. The summed E-state index contributed by atoms with van der Waals surface area (Å²) in [4.78, 5) is 14.7. The quantitative estimate of drug-likeness (QED) is 0.813. The van der Waals surface area contributed by atoms with Gasteiger partial charge in [-0.1, -0.05) is 6.92 Å². The van der Waals surface area contributed by atoms with Crippen molar-refractivity contribution >= 4 is 5.91 Å². The number of amides is 1. The van der Waals surface area contributed by atoms with Gasteiger partial charge in [-0.25, -0.2) is 0 Å². The third-order valence-corrected chi connectivity index (χ3v) is 3.97. The van der Waals surface area contributed by atoms with Crippen LogP contribution in [0.5, 0.6) is 0 Å². The summed E-state index contributed by atoms with van der Waals surface area (Å²) >= 11 is 0. The molecule has 0 aliphatic carbocycles. The second-order valence-electron chi connectivity index (χ2n) is 6.02. The van der Waals surface area contributed by atoms with Gasteiger partial charge in [0.05, 0.1) is 6.61 Å². The van der Waals surface area contributed by atoms with Gasteiger partial charge in [-0.3, -0.25) is 4.79 Å². The van der Waals surface area contributed by atoms with E-state index in [4.69, 9.17) is 4.74 Å². The summed E-state index contributed by atoms with van der Waals surface area (Å²) in [6, 6.07) is 0.660. The molecule has 0 aromatic rings. The summed E-state index contributed by atoms with van der Waals surface area (Å²) in [7, 11) is 1.66. The van der Waals surface area contributed by atoms with Crippen LogP contribution in [-0.4, -0.2) is 49.7 Å². The van der Waals surface area contributed by atoms with Gasteiger partial charge in [-0.05, 0) is 46.7 Å². The first kappa shape index (κ1) is 15.4. The van der Waals surface area contributed by atoms with Gasteiger partial charge in [-0.15, -0.1) is 0 Å². The summed E-state index contributed by atoms with van der Waals surface area (Å²) in [6.45, 7) is 11.1. The first-order valence-electron chi connectivity index (χ1n) is 6.93. The molecule has 1 unspecified atom stereocenters. The Hall–Kier alpha value is -0.610. The minimum Gasteiger partial charge on any atom is -0.383 e. The van der Waals surface area contributed by atoms with E-state index < -0.39 is 0 Å². The van der Waals surface area contributed by atoms with Gasteiger partial charge in [0.1, 0.15) is 0 Å². The minimum atomic E-state index is -0.215. The molecular weight excluding hydrogens is 228 g/mol. The van der Waals surface area contributed by atoms with Crippen molar-refractivity contribution < 1.29 is 9.53 Å². The molecule has 0 aromatic heterocycles. The summed E-state index contributed by atoms with van der Waals surface area (Å²) in [6.07, 6.45) is 1.88. The maximum Gasteiger partial charge on any atom is 0.226 e. The van der Waals surface area contributed by atoms with E-state index in [1.54, 1.807) is 7.11 Å². The van der Waals surface area contributed by atoms with Crippen LogP contribution in [0.25, 0.3) is 0 Å². The van der Waals surface area contributed by atoms with Crippen molar-refractivity contribution in [2.24, 2.45) is 5.41 Å². The number of rotatable bonds is 5. The van der Waals surface area contributed by atoms with Crippen molar-refractivity contribution in [3.8, 4) is 0 Å². The van der Waals surface area contributed by atoms with Gasteiger partial charge in [0.25, 0.3) is 0 Å². The number of methoxy groups -OCH3 is 1. The van der Waals surface area contributed by atoms with Crippen LogP contribution in [0, 0.1) is 5.41 Å². The Morgan fingerprint density at radius 1 is 1.33 bits per heavy atom. The summed E-state index contributed by atoms with van der Waals surface area (Å²) < 4.78 is 5.05. The maximum atomic E-state index is 12.3. The number of piperidine rings is 1. The van der Waals surface area contributed by atoms with E-state index >= 15 is 0 Å². The average Bonchev–Trinajstić information content (AvgIpc) is 2.29. The summed E-state index contributed by atoms with van der Waals surface area (Å²) in [5.74, 6) is 0.176. The fourth-order valence-electron chi connectivity index (χ4n) is 2.45. The maximum absolute atomic E-state index is 12.3. The molecule has 4 nitrogen and oxygen atoms in total. The lowest BCUT2D eigenvalue weighted by Crippen LogP contribution is -2.51. The lowest BCUT2D eigenvalue weighted by atomic mass is 9.79. The molecule has 106 valence electrons. The molecule has 1 atom stereocenters. The van der Waals surface area contributed by atoms with Gasteiger partial charge in [0.15, 0.2) is 0 Å². The molecule has 1 N–H and O–H groups in total. The zero-order valence-electron chi connectivity index (χ0n) is 12.5. The molecule has 1 heterocycles. The molecule has 18 heavy (non-hydrogen) atoms. The van der Waals surface area contributed by atoms with Crippen LogP contribution in [0.2, 0.25) is 0 Å². The molecule has 1 amide bonds. The number of carbonyl (C=O) groups excluding carboxylic acids is 1. The minimum absolute atomic E-state index is 0.0856. The number of ether oxygens (including phenoxy) is 1. The van der Waals surface area contributed by atoms with Crippen LogP contribution < -0.4 is 5.32 Å². The first-order chi connectivity index (χ1) is 8.39. The number of carbonyl (C=O) groups is 1. The van der Waals surface area contributed by atoms with E-state index in [0.717, 1.165) is 25.9 Å². The highest BCUT2D eigenvalue weighted by molar-refractivity contribution is 5.82. The predicted octanol–water partition coefficient (Wildman–Crippen LogP) is 1.65. The zero-order valence-corrected chi connectivity index (χ0v) is 12.5. The monoisotopic (exact) mass is 256 g/mol. The van der Waals surface area contributed by atoms with Crippen molar-refractivity contribution in [3.63, 3.8) is 0 Å². The van der Waals surface area contributed by atoms with E-state index in [0.29, 0.717) is 12.6 Å². The number of nitrogens with zero attached hydrogens (tertiary/aromatic N) is 1. The summed E-state index contributed by atoms with van der Waals surface area (Å²) in [5, 5.41) is 3.05. The molecular formula is C14H28N2O2. The number of hydrogen-bond acceptors (Lipinski definition) is 3. The Bertz CT molecular complexity index is 271. The average molecular weight is 256 g/mol. The predicted molar refractivity (Wildman–Crippen MR) is 73.5 cm³/mol. The third kappa shape index (κ3) is 3.95. The third-order valence-electron chi connectivity index (χ3n) is 3.97. The van der Waals surface area contributed by atoms with Gasteiger partial charge in [0.2, 0.25) is 5.91 Å². The Morgan fingerprint density at radius 2 is 1.89 bits per heavy atom. The van der Waals surface area contributed by atoms with Crippen LogP contribution in [-0.2, 0) is 9.53 Å². The highest BCUT2D eigenvalue weighted by Crippen LogP contribution is 2.31. The molecule has 1 aliphatic heterocycles. The second kappa shape index (κ2) is 6.53. The lowest BCUT2D eigenvalue weighted by Gasteiger charge is -2.40. The van der Waals surface area contributed by atoms with Gasteiger partial charge in [0, 0.05) is 24.6 Å². The number of nitrogens with one attached hydrogen (secondary N) is 1. The van der Waals surface area contributed by atoms with Crippen LogP contribution in [0.15, 0.2) is 0 Å². The van der Waals surface area contributed by atoms with Crippen molar-refractivity contribution in [2.45, 2.75) is 52.6 Å². The van der Waals surface area contributed by atoms with Gasteiger partial charge < -0.3 is 15.0 Å². The zero-order chi connectivity index (χ0) is 13.8. The first-order valence-corrected chi connectivity index (χ1v) is 6.93. The van der Waals surface area contributed by atoms with Crippen molar-refractivity contribution in [1.29, 1.82) is 0 Å². The van der Waals surface area contributed by atoms with E-state index in [1.807, 2.05) is 6.92 Å². The molecule has 1 fully saturated rings. The van der Waals surface area contributed by atoms with E-state index in [9.17, 15) is 4.79 Å². The molecule has 1 saturated heterocycles. The van der Waals surface area contributed by atoms with Crippen LogP contribution in [0.3, 0.4) is 0 Å². The van der Waals surface area contributed by atoms with E-state index in [1.165, 1.54) is 0 Å². The molecule has 4 heteroatoms. The highest BCUT2D eigenvalue weighted by Gasteiger charge is 2.37. The van der Waals surface area contributed by atoms with E-state index in [2.05, 4.69) is 31.0 Å². The number of hydrogen-bond donors (Lipinski definition) is 1. The standard InChI is InChI=1S/C14H28N2O2/c1-11(2)16-8-6-14(4,7-9-16)13(17)15-12(3)10-18-5/h11-12H,6-10H2,1-5H3,(H,15,17). The Morgan fingerprint density at radius 3 is 2.33 bits per heavy atom. The van der Waals surface area contributed by atoms with Crippen LogP contribution in [0.1, 0.15) is 40.5 Å². The van der Waals surface area contributed by atoms with Crippen molar-refractivity contribution in [2.75, 3.05) is 26.8 Å². The SMILES string of the molecule is COCC(C)NC(=O)C1(C)CCN(C(C)C)CC1. The fourth-order valence-corrected chi connectivity index (χ4v) is 2.45. The van der Waals surface area contributed by atoms with Crippen molar-refractivity contribution in [1.82, 2.24) is 10.2 Å². The molecule has 0 radical (unpaired) electrons. The Labute approximate surface area is 111 Å².